The fraction of sp³-hybridized carbons (Fsp3) is 0.391. The number of aryl methyl sites for hydroxylation is 2. The first kappa shape index (κ1) is 30.6. The van der Waals surface area contributed by atoms with Crippen LogP contribution >= 0.6 is 15.9 Å². The number of alkyl halides is 7. The zero-order valence-corrected chi connectivity index (χ0v) is 22.3. The van der Waals surface area contributed by atoms with Gasteiger partial charge >= 0.3 is 16.7 Å². The number of rotatable bonds is 8. The van der Waals surface area contributed by atoms with Gasteiger partial charge in [0.1, 0.15) is 9.84 Å². The van der Waals surface area contributed by atoms with Crippen molar-refractivity contribution in [1.29, 1.82) is 0 Å². The lowest BCUT2D eigenvalue weighted by atomic mass is 9.93. The molecule has 37 heavy (non-hydrogen) atoms. The van der Waals surface area contributed by atoms with Crippen molar-refractivity contribution in [3.05, 3.63) is 64.2 Å². The molecule has 14 heteroatoms. The van der Waals surface area contributed by atoms with Gasteiger partial charge in [-0.25, -0.2) is 12.8 Å². The molecule has 0 heterocycles. The van der Waals surface area contributed by atoms with Gasteiger partial charge < -0.3 is 10.6 Å². The van der Waals surface area contributed by atoms with E-state index in [1.165, 1.54) is 54.9 Å². The number of carbonyl (C=O) groups excluding carboxylic acids is 2. The van der Waals surface area contributed by atoms with Crippen molar-refractivity contribution < 1.29 is 44.3 Å². The Labute approximate surface area is 217 Å². The van der Waals surface area contributed by atoms with Gasteiger partial charge in [-0.15, -0.1) is 0 Å². The van der Waals surface area contributed by atoms with Crippen LogP contribution in [0.1, 0.15) is 44.3 Å². The summed E-state index contributed by atoms with van der Waals surface area (Å²) < 4.78 is 105. The van der Waals surface area contributed by atoms with Crippen molar-refractivity contribution in [1.82, 2.24) is 5.32 Å². The van der Waals surface area contributed by atoms with Crippen LogP contribution in [0.4, 0.5) is 32.0 Å². The number of benzene rings is 2. The molecule has 2 aromatic carbocycles. The summed E-state index contributed by atoms with van der Waals surface area (Å²) in [5, 5.41) is 4.87. The van der Waals surface area contributed by atoms with E-state index in [1.54, 1.807) is 0 Å². The Bertz CT molecular complexity index is 1300. The number of amides is 2. The molecule has 2 rings (SSSR count). The molecule has 6 nitrogen and oxygen atoms in total. The number of sulfone groups is 1. The van der Waals surface area contributed by atoms with Gasteiger partial charge in [-0.1, -0.05) is 24.3 Å². The van der Waals surface area contributed by atoms with Gasteiger partial charge in [0.25, 0.3) is 11.8 Å². The highest BCUT2D eigenvalue weighted by atomic mass is 79.9. The van der Waals surface area contributed by atoms with Crippen molar-refractivity contribution in [2.75, 3.05) is 17.3 Å². The molecule has 0 saturated heterocycles. The molecule has 2 N–H and O–H groups in total. The topological polar surface area (TPSA) is 92.3 Å². The predicted octanol–water partition coefficient (Wildman–Crippen LogP) is 5.43. The van der Waals surface area contributed by atoms with Gasteiger partial charge in [-0.05, 0) is 60.0 Å². The molecule has 0 radical (unpaired) electrons. The van der Waals surface area contributed by atoms with Crippen molar-refractivity contribution in [2.24, 2.45) is 0 Å². The average Bonchev–Trinajstić information content (AvgIpc) is 2.71. The largest absolute Gasteiger partial charge is 0.433 e. The molecule has 2 aromatic rings. The first-order valence-electron chi connectivity index (χ1n) is 10.5. The second kappa shape index (κ2) is 10.6. The first-order chi connectivity index (χ1) is 16.7. The van der Waals surface area contributed by atoms with Crippen LogP contribution in [-0.2, 0) is 15.5 Å². The third-order valence-corrected chi connectivity index (χ3v) is 6.98. The van der Waals surface area contributed by atoms with E-state index < -0.39 is 49.9 Å². The zero-order valence-electron chi connectivity index (χ0n) is 19.9. The van der Waals surface area contributed by atoms with Gasteiger partial charge in [-0.2, -0.15) is 22.0 Å². The monoisotopic (exact) mass is 616 g/mol. The van der Waals surface area contributed by atoms with E-state index in [9.17, 15) is 44.3 Å². The van der Waals surface area contributed by atoms with Crippen LogP contribution in [0.15, 0.2) is 36.4 Å². The molecule has 2 amide bonds. The Hall–Kier alpha value is -2.61. The van der Waals surface area contributed by atoms with Gasteiger partial charge in [-0.3, -0.25) is 9.59 Å². The second-order valence-electron chi connectivity index (χ2n) is 8.60. The molecular formula is C23H23BrF6N2O4S. The van der Waals surface area contributed by atoms with Crippen LogP contribution in [-0.4, -0.2) is 49.3 Å². The number of hydrogen-bond acceptors (Lipinski definition) is 4. The Morgan fingerprint density at radius 1 is 0.973 bits per heavy atom. The van der Waals surface area contributed by atoms with Gasteiger partial charge in [0.2, 0.25) is 0 Å². The minimum absolute atomic E-state index is 0.0756. The zero-order chi connectivity index (χ0) is 28.6. The molecule has 2 atom stereocenters. The average molecular weight is 617 g/mol. The van der Waals surface area contributed by atoms with Crippen LogP contribution in [0, 0.1) is 13.8 Å². The summed E-state index contributed by atoms with van der Waals surface area (Å²) >= 11 is 1.48. The predicted molar refractivity (Wildman–Crippen MR) is 130 cm³/mol. The minimum Gasteiger partial charge on any atom is -0.349 e. The quantitative estimate of drug-likeness (QED) is 0.305. The van der Waals surface area contributed by atoms with Crippen LogP contribution in [0.3, 0.4) is 0 Å². The standard InChI is InChI=1S/C23H23BrF6N2O4S/c1-12-6-5-7-16(18(12)20(34)31-14(3)11-37(4,35)36)19(33)32-17-9-8-15(10-13(17)2)21(25,22(24,26)27)23(28,29)30/h5-10,14H,11H2,1-4H3,(H,31,34)(H,32,33)/t14-,21?/m0/s1. The number of anilines is 1. The van der Waals surface area contributed by atoms with Crippen molar-refractivity contribution in [3.8, 4) is 0 Å². The van der Waals surface area contributed by atoms with E-state index in [-0.39, 0.29) is 28.1 Å². The maximum Gasteiger partial charge on any atom is 0.433 e. The van der Waals surface area contributed by atoms with Crippen LogP contribution in [0.25, 0.3) is 0 Å². The normalized spacial score (nSPS) is 15.0. The van der Waals surface area contributed by atoms with Crippen molar-refractivity contribution in [3.63, 3.8) is 0 Å². The lowest BCUT2D eigenvalue weighted by Gasteiger charge is -2.32. The van der Waals surface area contributed by atoms with E-state index in [0.717, 1.165) is 12.3 Å². The van der Waals surface area contributed by atoms with Crippen LogP contribution in [0.5, 0.6) is 0 Å². The van der Waals surface area contributed by atoms with E-state index >= 15 is 0 Å². The van der Waals surface area contributed by atoms with E-state index in [2.05, 4.69) is 10.6 Å². The summed E-state index contributed by atoms with van der Waals surface area (Å²) in [7, 11) is -3.41. The van der Waals surface area contributed by atoms with E-state index in [4.69, 9.17) is 0 Å². The lowest BCUT2D eigenvalue weighted by Crippen LogP contribution is -2.49. The molecule has 0 aliphatic rings. The maximum atomic E-state index is 14.7. The Kier molecular flexibility index (Phi) is 8.80. The number of hydrogen-bond donors (Lipinski definition) is 2. The van der Waals surface area contributed by atoms with Gasteiger partial charge in [0.05, 0.1) is 16.9 Å². The highest BCUT2D eigenvalue weighted by molar-refractivity contribution is 9.10. The summed E-state index contributed by atoms with van der Waals surface area (Å²) in [5.41, 5.74) is -6.55. The van der Waals surface area contributed by atoms with E-state index in [0.29, 0.717) is 17.7 Å². The molecule has 0 saturated carbocycles. The van der Waals surface area contributed by atoms with Gasteiger partial charge in [0, 0.05) is 23.5 Å². The highest BCUT2D eigenvalue weighted by Gasteiger charge is 2.71. The lowest BCUT2D eigenvalue weighted by molar-refractivity contribution is -0.282. The maximum absolute atomic E-state index is 14.7. The minimum atomic E-state index is -5.96. The van der Waals surface area contributed by atoms with Crippen molar-refractivity contribution in [2.45, 2.75) is 43.5 Å². The molecule has 204 valence electrons. The third kappa shape index (κ3) is 6.83. The molecule has 0 aliphatic carbocycles. The van der Waals surface area contributed by atoms with Crippen LogP contribution in [0.2, 0.25) is 0 Å². The Balaban J connectivity index is 2.40. The molecule has 0 aliphatic heterocycles. The molecule has 0 bridgehead atoms. The molecule has 0 spiro atoms. The van der Waals surface area contributed by atoms with Gasteiger partial charge in [0.15, 0.2) is 0 Å². The fourth-order valence-electron chi connectivity index (χ4n) is 3.65. The summed E-state index contributed by atoms with van der Waals surface area (Å²) in [4.78, 5) is 20.9. The second-order valence-corrected chi connectivity index (χ2v) is 11.8. The van der Waals surface area contributed by atoms with Crippen LogP contribution < -0.4 is 10.6 Å². The first-order valence-corrected chi connectivity index (χ1v) is 13.4. The summed E-state index contributed by atoms with van der Waals surface area (Å²) in [6, 6.07) is 5.36. The molecular weight excluding hydrogens is 594 g/mol. The van der Waals surface area contributed by atoms with E-state index in [1.807, 2.05) is 0 Å². The number of nitrogens with one attached hydrogen (secondary N) is 2. The third-order valence-electron chi connectivity index (χ3n) is 5.33. The summed E-state index contributed by atoms with van der Waals surface area (Å²) in [5.74, 6) is -1.95. The summed E-state index contributed by atoms with van der Waals surface area (Å²) in [6.45, 7) is 4.18. The molecule has 0 aromatic heterocycles. The molecule has 0 fully saturated rings. The Morgan fingerprint density at radius 3 is 2.05 bits per heavy atom. The number of halogens is 7. The number of carbonyl (C=O) groups is 2. The van der Waals surface area contributed by atoms with Crippen molar-refractivity contribution >= 4 is 43.3 Å². The fourth-order valence-corrected chi connectivity index (χ4v) is 5.09. The molecule has 1 unspecified atom stereocenters. The smallest absolute Gasteiger partial charge is 0.349 e. The summed E-state index contributed by atoms with van der Waals surface area (Å²) in [6.07, 6.45) is -4.97. The highest BCUT2D eigenvalue weighted by Crippen LogP contribution is 2.55. The SMILES string of the molecule is Cc1cc(C(F)(C(F)(F)F)C(F)(F)Br)ccc1NC(=O)c1cccc(C)c1C(=O)N[C@@H](C)CS(C)(=O)=O. The Morgan fingerprint density at radius 2 is 1.57 bits per heavy atom.